The van der Waals surface area contributed by atoms with Gasteiger partial charge in [0, 0.05) is 0 Å². The predicted octanol–water partition coefficient (Wildman–Crippen LogP) is 5.04. The van der Waals surface area contributed by atoms with E-state index >= 15 is 0 Å². The molecule has 2 rings (SSSR count). The van der Waals surface area contributed by atoms with Crippen LogP contribution in [0.3, 0.4) is 0 Å². The lowest BCUT2D eigenvalue weighted by atomic mass is 10.1. The van der Waals surface area contributed by atoms with Crippen molar-refractivity contribution in [3.05, 3.63) is 53.8 Å². The summed E-state index contributed by atoms with van der Waals surface area (Å²) in [4.78, 5) is 12.0. The van der Waals surface area contributed by atoms with Crippen LogP contribution >= 0.6 is 0 Å². The van der Waals surface area contributed by atoms with Crippen LogP contribution in [-0.2, 0) is 11.0 Å². The summed E-state index contributed by atoms with van der Waals surface area (Å²) in [6.07, 6.45) is -3.01. The van der Waals surface area contributed by atoms with Crippen LogP contribution in [0, 0.1) is 5.82 Å². The number of para-hydroxylation sites is 1. The van der Waals surface area contributed by atoms with Gasteiger partial charge in [0.15, 0.2) is 18.2 Å². The first-order valence-corrected chi connectivity index (χ1v) is 8.32. The third kappa shape index (κ3) is 6.16. The maximum Gasteiger partial charge on any atom is 0.416 e. The van der Waals surface area contributed by atoms with Crippen LogP contribution in [0.4, 0.5) is 23.2 Å². The van der Waals surface area contributed by atoms with E-state index in [0.29, 0.717) is 13.0 Å². The molecule has 146 valence electrons. The van der Waals surface area contributed by atoms with Gasteiger partial charge in [-0.25, -0.2) is 4.39 Å². The van der Waals surface area contributed by atoms with Gasteiger partial charge in [-0.05, 0) is 36.8 Å². The third-order valence-electron chi connectivity index (χ3n) is 3.53. The van der Waals surface area contributed by atoms with Gasteiger partial charge < -0.3 is 14.8 Å². The Hall–Kier alpha value is -2.77. The van der Waals surface area contributed by atoms with E-state index < -0.39 is 30.1 Å². The van der Waals surface area contributed by atoms with E-state index in [9.17, 15) is 22.4 Å². The zero-order chi connectivity index (χ0) is 19.9. The van der Waals surface area contributed by atoms with Gasteiger partial charge in [-0.15, -0.1) is 0 Å². The summed E-state index contributed by atoms with van der Waals surface area (Å²) in [5.74, 6) is -1.39. The smallest absolute Gasteiger partial charge is 0.416 e. The van der Waals surface area contributed by atoms with Crippen LogP contribution in [0.1, 0.15) is 25.3 Å². The molecule has 8 heteroatoms. The number of amides is 1. The average molecular weight is 385 g/mol. The summed E-state index contributed by atoms with van der Waals surface area (Å²) in [6, 6.07) is 8.33. The first-order chi connectivity index (χ1) is 12.8. The van der Waals surface area contributed by atoms with E-state index in [1.165, 1.54) is 24.3 Å². The number of hydrogen-bond acceptors (Lipinski definition) is 3. The Morgan fingerprint density at radius 2 is 1.81 bits per heavy atom. The van der Waals surface area contributed by atoms with Crippen molar-refractivity contribution in [3.63, 3.8) is 0 Å². The molecule has 0 fully saturated rings. The molecule has 4 nitrogen and oxygen atoms in total. The van der Waals surface area contributed by atoms with E-state index in [1.807, 2.05) is 6.92 Å². The zero-order valence-electron chi connectivity index (χ0n) is 14.6. The van der Waals surface area contributed by atoms with Gasteiger partial charge >= 0.3 is 6.18 Å². The van der Waals surface area contributed by atoms with Gasteiger partial charge in [0.05, 0.1) is 17.9 Å². The molecular formula is C19H19F4NO3. The number of carbonyl (C=O) groups excluding carboxylic acids is 1. The zero-order valence-corrected chi connectivity index (χ0v) is 14.6. The number of unbranched alkanes of at least 4 members (excludes halogenated alkanes) is 1. The first-order valence-electron chi connectivity index (χ1n) is 8.32. The topological polar surface area (TPSA) is 47.6 Å². The second-order valence-electron chi connectivity index (χ2n) is 5.68. The summed E-state index contributed by atoms with van der Waals surface area (Å²) in [5, 5.41) is 2.33. The van der Waals surface area contributed by atoms with Gasteiger partial charge in [-0.3, -0.25) is 4.79 Å². The third-order valence-corrected chi connectivity index (χ3v) is 3.53. The van der Waals surface area contributed by atoms with E-state index in [2.05, 4.69) is 5.32 Å². The molecule has 27 heavy (non-hydrogen) atoms. The molecule has 0 unspecified atom stereocenters. The van der Waals surface area contributed by atoms with Crippen LogP contribution < -0.4 is 14.8 Å². The molecule has 0 aliphatic carbocycles. The Bertz CT molecular complexity index is 778. The van der Waals surface area contributed by atoms with E-state index in [1.54, 1.807) is 0 Å². The number of ether oxygens (including phenoxy) is 2. The van der Waals surface area contributed by atoms with Gasteiger partial charge in [0.1, 0.15) is 5.75 Å². The van der Waals surface area contributed by atoms with Crippen LogP contribution in [-0.4, -0.2) is 19.1 Å². The molecule has 0 saturated heterocycles. The summed E-state index contributed by atoms with van der Waals surface area (Å²) in [6.45, 7) is 1.68. The van der Waals surface area contributed by atoms with Crippen molar-refractivity contribution in [3.8, 4) is 11.5 Å². The van der Waals surface area contributed by atoms with Crippen molar-refractivity contribution >= 4 is 11.6 Å². The van der Waals surface area contributed by atoms with Gasteiger partial charge in [0.2, 0.25) is 0 Å². The van der Waals surface area contributed by atoms with Crippen molar-refractivity contribution in [1.82, 2.24) is 0 Å². The molecule has 0 radical (unpaired) electrons. The minimum Gasteiger partial charge on any atom is -0.491 e. The number of alkyl halides is 3. The van der Waals surface area contributed by atoms with Gasteiger partial charge in [0.25, 0.3) is 5.91 Å². The highest BCUT2D eigenvalue weighted by atomic mass is 19.4. The van der Waals surface area contributed by atoms with E-state index in [-0.39, 0.29) is 17.2 Å². The maximum absolute atomic E-state index is 13.5. The normalized spacial score (nSPS) is 11.1. The Balaban J connectivity index is 2.11. The molecular weight excluding hydrogens is 366 g/mol. The minimum absolute atomic E-state index is 0.121. The number of hydrogen-bond donors (Lipinski definition) is 1. The lowest BCUT2D eigenvalue weighted by molar-refractivity contribution is -0.137. The molecule has 0 aliphatic heterocycles. The predicted molar refractivity (Wildman–Crippen MR) is 92.4 cm³/mol. The SMILES string of the molecule is CCCCOc1ccc(C(F)(F)F)cc1NC(=O)COc1ccccc1F. The van der Waals surface area contributed by atoms with Crippen molar-refractivity contribution in [2.24, 2.45) is 0 Å². The van der Waals surface area contributed by atoms with Crippen LogP contribution in [0.2, 0.25) is 0 Å². The molecule has 2 aromatic carbocycles. The van der Waals surface area contributed by atoms with Crippen molar-refractivity contribution < 1.29 is 31.8 Å². The van der Waals surface area contributed by atoms with E-state index in [4.69, 9.17) is 9.47 Å². The summed E-state index contributed by atoms with van der Waals surface area (Å²) < 4.78 is 62.8. The standard InChI is InChI=1S/C19H19F4NO3/c1-2-3-10-26-17-9-8-13(19(21,22)23)11-15(17)24-18(25)12-27-16-7-5-4-6-14(16)20/h4-9,11H,2-3,10,12H2,1H3,(H,24,25). The number of carbonyl (C=O) groups is 1. The molecule has 1 amide bonds. The molecule has 0 saturated carbocycles. The molecule has 0 aliphatic rings. The number of nitrogens with one attached hydrogen (secondary N) is 1. The fourth-order valence-corrected chi connectivity index (χ4v) is 2.15. The quantitative estimate of drug-likeness (QED) is 0.512. The van der Waals surface area contributed by atoms with Crippen molar-refractivity contribution in [2.75, 3.05) is 18.5 Å². The number of benzene rings is 2. The molecule has 0 atom stereocenters. The Labute approximate surface area is 154 Å². The number of rotatable bonds is 8. The van der Waals surface area contributed by atoms with Crippen molar-refractivity contribution in [1.29, 1.82) is 0 Å². The fraction of sp³-hybridized carbons (Fsp3) is 0.316. The fourth-order valence-electron chi connectivity index (χ4n) is 2.15. The Kier molecular flexibility index (Phi) is 7.04. The lowest BCUT2D eigenvalue weighted by Gasteiger charge is -2.15. The highest BCUT2D eigenvalue weighted by Gasteiger charge is 2.31. The second kappa shape index (κ2) is 9.25. The summed E-state index contributed by atoms with van der Waals surface area (Å²) in [5.41, 5.74) is -1.04. The molecule has 1 N–H and O–H groups in total. The van der Waals surface area contributed by atoms with E-state index in [0.717, 1.165) is 24.6 Å². The minimum atomic E-state index is -4.56. The number of halogens is 4. The highest BCUT2D eigenvalue weighted by molar-refractivity contribution is 5.93. The van der Waals surface area contributed by atoms with Gasteiger partial charge in [-0.2, -0.15) is 13.2 Å². The van der Waals surface area contributed by atoms with Crippen LogP contribution in [0.25, 0.3) is 0 Å². The number of anilines is 1. The molecule has 2 aromatic rings. The molecule has 0 spiro atoms. The molecule has 0 heterocycles. The van der Waals surface area contributed by atoms with Crippen LogP contribution in [0.5, 0.6) is 11.5 Å². The Morgan fingerprint density at radius 3 is 2.48 bits per heavy atom. The molecule has 0 bridgehead atoms. The largest absolute Gasteiger partial charge is 0.491 e. The summed E-state index contributed by atoms with van der Waals surface area (Å²) >= 11 is 0. The van der Waals surface area contributed by atoms with Gasteiger partial charge in [-0.1, -0.05) is 25.5 Å². The summed E-state index contributed by atoms with van der Waals surface area (Å²) in [7, 11) is 0. The van der Waals surface area contributed by atoms with Crippen molar-refractivity contribution in [2.45, 2.75) is 25.9 Å². The monoisotopic (exact) mass is 385 g/mol. The maximum atomic E-state index is 13.5. The second-order valence-corrected chi connectivity index (χ2v) is 5.68. The lowest BCUT2D eigenvalue weighted by Crippen LogP contribution is -2.21. The van der Waals surface area contributed by atoms with Crippen LogP contribution in [0.15, 0.2) is 42.5 Å². The molecule has 0 aromatic heterocycles. The highest BCUT2D eigenvalue weighted by Crippen LogP contribution is 2.35. The average Bonchev–Trinajstić information content (AvgIpc) is 2.61. The Morgan fingerprint density at radius 1 is 1.07 bits per heavy atom. The first kappa shape index (κ1) is 20.5.